The molecule has 0 aromatic heterocycles. The highest BCUT2D eigenvalue weighted by atomic mass is 19.3. The van der Waals surface area contributed by atoms with Crippen molar-refractivity contribution >= 4 is 23.2 Å². The van der Waals surface area contributed by atoms with E-state index in [0.717, 1.165) is 19.2 Å². The second kappa shape index (κ2) is 7.12. The molecular formula is C16H12F4N2O2. The van der Waals surface area contributed by atoms with Gasteiger partial charge in [-0.15, -0.1) is 0 Å². The molecule has 24 heavy (non-hydrogen) atoms. The predicted octanol–water partition coefficient (Wildman–Crippen LogP) is 3.45. The molecule has 0 atom stereocenters. The van der Waals surface area contributed by atoms with E-state index in [1.165, 1.54) is 12.1 Å². The number of hydrogen-bond donors (Lipinski definition) is 1. The molecule has 8 heteroatoms. The Morgan fingerprint density at radius 1 is 1.04 bits per heavy atom. The Hall–Kier alpha value is -2.90. The summed E-state index contributed by atoms with van der Waals surface area (Å²) in [6.07, 6.45) is -3.42. The number of benzene rings is 2. The van der Waals surface area contributed by atoms with E-state index >= 15 is 0 Å². The average Bonchev–Trinajstić information content (AvgIpc) is 2.57. The Labute approximate surface area is 134 Å². The van der Waals surface area contributed by atoms with Crippen molar-refractivity contribution in [1.82, 2.24) is 0 Å². The molecule has 0 radical (unpaired) electrons. The third kappa shape index (κ3) is 3.53. The maximum absolute atomic E-state index is 14.4. The Morgan fingerprint density at radius 3 is 2.25 bits per heavy atom. The summed E-state index contributed by atoms with van der Waals surface area (Å²) in [4.78, 5) is 23.4. The highest BCUT2D eigenvalue weighted by Gasteiger charge is 2.27. The number of nitrogens with one attached hydrogen (secondary N) is 1. The quantitative estimate of drug-likeness (QED) is 0.867. The molecule has 2 amide bonds. The van der Waals surface area contributed by atoms with E-state index in [0.29, 0.717) is 0 Å². The van der Waals surface area contributed by atoms with E-state index in [1.807, 2.05) is 0 Å². The molecule has 4 nitrogen and oxygen atoms in total. The largest absolute Gasteiger partial charge is 0.319 e. The minimum Gasteiger partial charge on any atom is -0.319 e. The van der Waals surface area contributed by atoms with Crippen molar-refractivity contribution in [2.45, 2.75) is 6.43 Å². The molecule has 0 spiro atoms. The lowest BCUT2D eigenvalue weighted by Crippen LogP contribution is -2.33. The molecule has 1 N–H and O–H groups in total. The number of amides is 2. The Kier molecular flexibility index (Phi) is 5.18. The van der Waals surface area contributed by atoms with Crippen molar-refractivity contribution in [2.24, 2.45) is 0 Å². The summed E-state index contributed by atoms with van der Waals surface area (Å²) in [5.41, 5.74) is -1.18. The van der Waals surface area contributed by atoms with Crippen LogP contribution in [-0.4, -0.2) is 25.3 Å². The molecule has 0 saturated carbocycles. The van der Waals surface area contributed by atoms with Crippen LogP contribution in [0.1, 0.15) is 10.4 Å². The first kappa shape index (κ1) is 17.5. The summed E-state index contributed by atoms with van der Waals surface area (Å²) in [5, 5.41) is 2.21. The van der Waals surface area contributed by atoms with Gasteiger partial charge in [-0.25, -0.2) is 8.78 Å². The normalized spacial score (nSPS) is 10.6. The molecule has 0 heterocycles. The molecule has 0 aliphatic heterocycles. The number of carbonyl (C=O) groups is 2. The van der Waals surface area contributed by atoms with E-state index < -0.39 is 41.2 Å². The molecule has 0 fully saturated rings. The van der Waals surface area contributed by atoms with Crippen LogP contribution >= 0.6 is 0 Å². The fourth-order valence-electron chi connectivity index (χ4n) is 1.99. The molecule has 0 aliphatic carbocycles. The molecule has 2 rings (SSSR count). The van der Waals surface area contributed by atoms with Crippen LogP contribution in [0.3, 0.4) is 0 Å². The zero-order valence-corrected chi connectivity index (χ0v) is 12.4. The average molecular weight is 340 g/mol. The third-order valence-corrected chi connectivity index (χ3v) is 3.20. The standard InChI is InChI=1S/C16H12F4N2O2/c1-22(16(24)14(19)20)13-10(17)7-8-11(12(13)18)21-15(23)9-5-3-2-4-6-9/h2-8,14H,1H3,(H,21,23). The SMILES string of the molecule is CN(C(=O)C(F)F)c1c(F)ccc(NC(=O)c2ccccc2)c1F. The van der Waals surface area contributed by atoms with Crippen LogP contribution in [0.25, 0.3) is 0 Å². The molecule has 126 valence electrons. The number of anilines is 2. The number of rotatable bonds is 4. The second-order valence-electron chi connectivity index (χ2n) is 4.78. The summed E-state index contributed by atoms with van der Waals surface area (Å²) < 4.78 is 53.1. The minimum absolute atomic E-state index is 0.174. The summed E-state index contributed by atoms with van der Waals surface area (Å²) in [5.74, 6) is -4.97. The van der Waals surface area contributed by atoms with Crippen LogP contribution in [0, 0.1) is 11.6 Å². The number of carbonyl (C=O) groups excluding carboxylic acids is 2. The summed E-state index contributed by atoms with van der Waals surface area (Å²) in [6.45, 7) is 0. The van der Waals surface area contributed by atoms with Crippen molar-refractivity contribution in [1.29, 1.82) is 0 Å². The lowest BCUT2D eigenvalue weighted by atomic mass is 10.2. The first-order valence-electron chi connectivity index (χ1n) is 6.73. The van der Waals surface area contributed by atoms with Crippen molar-refractivity contribution in [3.63, 3.8) is 0 Å². The summed E-state index contributed by atoms with van der Waals surface area (Å²) >= 11 is 0. The molecule has 0 aliphatic rings. The fourth-order valence-corrected chi connectivity index (χ4v) is 1.99. The Bertz CT molecular complexity index is 766. The van der Waals surface area contributed by atoms with Crippen molar-refractivity contribution in [2.75, 3.05) is 17.3 Å². The molecule has 0 unspecified atom stereocenters. The third-order valence-electron chi connectivity index (χ3n) is 3.20. The molecule has 2 aromatic rings. The van der Waals surface area contributed by atoms with E-state index in [9.17, 15) is 27.2 Å². The van der Waals surface area contributed by atoms with Crippen molar-refractivity contribution in [3.05, 3.63) is 59.7 Å². The van der Waals surface area contributed by atoms with Crippen LogP contribution in [0.5, 0.6) is 0 Å². The van der Waals surface area contributed by atoms with E-state index in [-0.39, 0.29) is 10.5 Å². The van der Waals surface area contributed by atoms with Gasteiger partial charge in [0.2, 0.25) is 0 Å². The van der Waals surface area contributed by atoms with Crippen LogP contribution in [-0.2, 0) is 4.79 Å². The Morgan fingerprint density at radius 2 is 1.67 bits per heavy atom. The molecular weight excluding hydrogens is 328 g/mol. The van der Waals surface area contributed by atoms with Crippen LogP contribution in [0.15, 0.2) is 42.5 Å². The zero-order chi connectivity index (χ0) is 17.9. The first-order valence-corrected chi connectivity index (χ1v) is 6.73. The first-order chi connectivity index (χ1) is 11.3. The van der Waals surface area contributed by atoms with Gasteiger partial charge in [0.25, 0.3) is 11.8 Å². The van der Waals surface area contributed by atoms with Crippen molar-refractivity contribution in [3.8, 4) is 0 Å². The summed E-state index contributed by atoms with van der Waals surface area (Å²) in [7, 11) is 0.818. The topological polar surface area (TPSA) is 49.4 Å². The fraction of sp³-hybridized carbons (Fsp3) is 0.125. The lowest BCUT2D eigenvalue weighted by Gasteiger charge is -2.19. The number of hydrogen-bond acceptors (Lipinski definition) is 2. The van der Waals surface area contributed by atoms with E-state index in [2.05, 4.69) is 5.32 Å². The monoisotopic (exact) mass is 340 g/mol. The smallest absolute Gasteiger partial charge is 0.316 e. The van der Waals surface area contributed by atoms with Crippen LogP contribution in [0.2, 0.25) is 0 Å². The highest BCUT2D eigenvalue weighted by Crippen LogP contribution is 2.29. The van der Waals surface area contributed by atoms with Gasteiger partial charge in [0, 0.05) is 12.6 Å². The Balaban J connectivity index is 2.35. The molecule has 0 bridgehead atoms. The second-order valence-corrected chi connectivity index (χ2v) is 4.78. The minimum atomic E-state index is -3.42. The highest BCUT2D eigenvalue weighted by molar-refractivity contribution is 6.05. The van der Waals surface area contributed by atoms with Gasteiger partial charge in [-0.2, -0.15) is 8.78 Å². The molecule has 0 saturated heterocycles. The van der Waals surface area contributed by atoms with E-state index in [4.69, 9.17) is 0 Å². The van der Waals surface area contributed by atoms with Crippen LogP contribution in [0.4, 0.5) is 28.9 Å². The van der Waals surface area contributed by atoms with E-state index in [1.54, 1.807) is 18.2 Å². The summed E-state index contributed by atoms with van der Waals surface area (Å²) in [6, 6.07) is 9.53. The van der Waals surface area contributed by atoms with Crippen molar-refractivity contribution < 1.29 is 27.2 Å². The maximum atomic E-state index is 14.4. The predicted molar refractivity (Wildman–Crippen MR) is 80.2 cm³/mol. The molecule has 2 aromatic carbocycles. The zero-order valence-electron chi connectivity index (χ0n) is 12.4. The van der Waals surface area contributed by atoms with Gasteiger partial charge < -0.3 is 10.2 Å². The number of alkyl halides is 2. The maximum Gasteiger partial charge on any atom is 0.316 e. The van der Waals surface area contributed by atoms with Gasteiger partial charge in [0.05, 0.1) is 5.69 Å². The van der Waals surface area contributed by atoms with Gasteiger partial charge in [-0.05, 0) is 24.3 Å². The van der Waals surface area contributed by atoms with Gasteiger partial charge in [0.15, 0.2) is 5.82 Å². The van der Waals surface area contributed by atoms with Gasteiger partial charge in [-0.1, -0.05) is 18.2 Å². The number of nitrogens with zero attached hydrogens (tertiary/aromatic N) is 1. The lowest BCUT2D eigenvalue weighted by molar-refractivity contribution is -0.128. The van der Waals surface area contributed by atoms with Gasteiger partial charge >= 0.3 is 6.43 Å². The van der Waals surface area contributed by atoms with Crippen LogP contribution < -0.4 is 10.2 Å². The van der Waals surface area contributed by atoms with Gasteiger partial charge in [-0.3, -0.25) is 9.59 Å². The number of halogens is 4. The van der Waals surface area contributed by atoms with Gasteiger partial charge in [0.1, 0.15) is 11.5 Å².